The molecule has 0 spiro atoms. The highest BCUT2D eigenvalue weighted by atomic mass is 16.5. The van der Waals surface area contributed by atoms with Crippen LogP contribution in [-0.2, 0) is 4.79 Å². The molecule has 3 nitrogen and oxygen atoms in total. The maximum Gasteiger partial charge on any atom is 0.316 e. The normalized spacial score (nSPS) is 11.1. The van der Waals surface area contributed by atoms with Crippen molar-refractivity contribution < 1.29 is 14.3 Å². The maximum absolute atomic E-state index is 11.8. The second kappa shape index (κ2) is 5.13. The molecular weight excluding hydrogens is 216 g/mol. The first-order valence-electron chi connectivity index (χ1n) is 5.70. The largest absolute Gasteiger partial charge is 0.426 e. The molecule has 1 aromatic carbocycles. The molecule has 0 aromatic heterocycles. The number of rotatable bonds is 4. The smallest absolute Gasteiger partial charge is 0.316 e. The topological polar surface area (TPSA) is 43.4 Å². The van der Waals surface area contributed by atoms with E-state index in [9.17, 15) is 9.59 Å². The minimum Gasteiger partial charge on any atom is -0.426 e. The van der Waals surface area contributed by atoms with E-state index in [0.717, 1.165) is 6.42 Å². The average Bonchev–Trinajstić information content (AvgIpc) is 2.29. The maximum atomic E-state index is 11.8. The van der Waals surface area contributed by atoms with Gasteiger partial charge in [-0.2, -0.15) is 0 Å². The summed E-state index contributed by atoms with van der Waals surface area (Å²) in [5.74, 6) is 0.217. The van der Waals surface area contributed by atoms with E-state index < -0.39 is 5.41 Å². The molecule has 0 atom stereocenters. The van der Waals surface area contributed by atoms with E-state index in [1.54, 1.807) is 24.3 Å². The molecule has 0 amide bonds. The molecule has 0 aliphatic rings. The van der Waals surface area contributed by atoms with Crippen LogP contribution in [0.1, 0.15) is 44.5 Å². The van der Waals surface area contributed by atoms with E-state index in [1.807, 2.05) is 20.8 Å². The number of hydrogen-bond donors (Lipinski definition) is 0. The summed E-state index contributed by atoms with van der Waals surface area (Å²) in [6.07, 6.45) is 0.720. The first-order valence-corrected chi connectivity index (χ1v) is 5.70. The molecule has 0 bridgehead atoms. The Bertz CT molecular complexity index is 416. The van der Waals surface area contributed by atoms with Crippen molar-refractivity contribution in [2.24, 2.45) is 5.41 Å². The fourth-order valence-electron chi connectivity index (χ4n) is 1.15. The minimum absolute atomic E-state index is 0.00300. The molecule has 0 fully saturated rings. The zero-order valence-electron chi connectivity index (χ0n) is 10.7. The quantitative estimate of drug-likeness (QED) is 0.456. The number of esters is 1. The molecule has 1 aromatic rings. The van der Waals surface area contributed by atoms with Crippen molar-refractivity contribution in [3.63, 3.8) is 0 Å². The lowest BCUT2D eigenvalue weighted by molar-refractivity contribution is -0.144. The summed E-state index contributed by atoms with van der Waals surface area (Å²) in [5, 5.41) is 0. The third-order valence-electron chi connectivity index (χ3n) is 2.91. The molecule has 0 heterocycles. The fraction of sp³-hybridized carbons (Fsp3) is 0.429. The lowest BCUT2D eigenvalue weighted by Crippen LogP contribution is -2.28. The van der Waals surface area contributed by atoms with Gasteiger partial charge in [0, 0.05) is 5.56 Å². The average molecular weight is 234 g/mol. The van der Waals surface area contributed by atoms with E-state index in [2.05, 4.69) is 0 Å². The highest BCUT2D eigenvalue weighted by Crippen LogP contribution is 2.23. The van der Waals surface area contributed by atoms with Gasteiger partial charge in [0.1, 0.15) is 5.75 Å². The molecule has 0 N–H and O–H groups in total. The van der Waals surface area contributed by atoms with Crippen LogP contribution in [0.5, 0.6) is 5.75 Å². The van der Waals surface area contributed by atoms with Crippen molar-refractivity contribution in [3.05, 3.63) is 29.8 Å². The molecule has 0 saturated carbocycles. The second-order valence-corrected chi connectivity index (χ2v) is 4.71. The van der Waals surface area contributed by atoms with E-state index in [1.165, 1.54) is 6.92 Å². The minimum atomic E-state index is -0.487. The zero-order chi connectivity index (χ0) is 13.1. The second-order valence-electron chi connectivity index (χ2n) is 4.71. The number of hydrogen-bond acceptors (Lipinski definition) is 3. The van der Waals surface area contributed by atoms with Crippen LogP contribution in [0.3, 0.4) is 0 Å². The molecule has 17 heavy (non-hydrogen) atoms. The van der Waals surface area contributed by atoms with Crippen LogP contribution in [-0.4, -0.2) is 11.8 Å². The van der Waals surface area contributed by atoms with Gasteiger partial charge < -0.3 is 4.74 Å². The summed E-state index contributed by atoms with van der Waals surface area (Å²) in [6, 6.07) is 6.59. The first-order chi connectivity index (χ1) is 7.86. The fourth-order valence-corrected chi connectivity index (χ4v) is 1.15. The van der Waals surface area contributed by atoms with Gasteiger partial charge in [0.25, 0.3) is 0 Å². The van der Waals surface area contributed by atoms with Crippen molar-refractivity contribution in [3.8, 4) is 5.75 Å². The number of benzene rings is 1. The van der Waals surface area contributed by atoms with Crippen LogP contribution < -0.4 is 4.74 Å². The molecule has 0 aliphatic carbocycles. The van der Waals surface area contributed by atoms with Crippen LogP contribution in [0.25, 0.3) is 0 Å². The van der Waals surface area contributed by atoms with E-state index in [-0.39, 0.29) is 11.8 Å². The number of Topliss-reactive ketones (excluding diaryl/α,β-unsaturated/α-hetero) is 1. The summed E-state index contributed by atoms with van der Waals surface area (Å²) in [7, 11) is 0. The Balaban J connectivity index is 2.76. The van der Waals surface area contributed by atoms with Crippen LogP contribution in [0.4, 0.5) is 0 Å². The van der Waals surface area contributed by atoms with Crippen LogP contribution in [0.15, 0.2) is 24.3 Å². The summed E-state index contributed by atoms with van der Waals surface area (Å²) >= 11 is 0. The van der Waals surface area contributed by atoms with Crippen LogP contribution >= 0.6 is 0 Å². The molecule has 92 valence electrons. The molecule has 0 saturated heterocycles. The van der Waals surface area contributed by atoms with Crippen molar-refractivity contribution in [1.82, 2.24) is 0 Å². The van der Waals surface area contributed by atoms with Gasteiger partial charge in [-0.05, 0) is 51.5 Å². The summed E-state index contributed by atoms with van der Waals surface area (Å²) < 4.78 is 5.25. The van der Waals surface area contributed by atoms with E-state index >= 15 is 0 Å². The highest BCUT2D eigenvalue weighted by Gasteiger charge is 2.27. The molecule has 0 unspecified atom stereocenters. The molecule has 3 heteroatoms. The monoisotopic (exact) mass is 234 g/mol. The van der Waals surface area contributed by atoms with Crippen molar-refractivity contribution >= 4 is 11.8 Å². The number of carbonyl (C=O) groups is 2. The summed E-state index contributed by atoms with van der Waals surface area (Å²) in [4.78, 5) is 22.9. The lowest BCUT2D eigenvalue weighted by Gasteiger charge is -2.20. The summed E-state index contributed by atoms with van der Waals surface area (Å²) in [6.45, 7) is 7.14. The zero-order valence-corrected chi connectivity index (χ0v) is 10.7. The molecule has 1 rings (SSSR count). The third-order valence-corrected chi connectivity index (χ3v) is 2.91. The highest BCUT2D eigenvalue weighted by molar-refractivity contribution is 5.94. The number of carbonyl (C=O) groups excluding carboxylic acids is 2. The van der Waals surface area contributed by atoms with Gasteiger partial charge in [0.15, 0.2) is 5.78 Å². The van der Waals surface area contributed by atoms with Gasteiger partial charge in [-0.25, -0.2) is 0 Å². The standard InChI is InChI=1S/C14H18O3/c1-5-14(3,4)13(16)17-12-8-6-11(7-9-12)10(2)15/h6-9H,5H2,1-4H3. The third kappa shape index (κ3) is 3.41. The van der Waals surface area contributed by atoms with Crippen LogP contribution in [0, 0.1) is 5.41 Å². The molecule has 0 aliphatic heterocycles. The lowest BCUT2D eigenvalue weighted by atomic mass is 9.91. The Morgan fingerprint density at radius 2 is 1.71 bits per heavy atom. The van der Waals surface area contributed by atoms with Gasteiger partial charge in [-0.3, -0.25) is 9.59 Å². The Hall–Kier alpha value is -1.64. The number of ketones is 1. The Kier molecular flexibility index (Phi) is 4.05. The van der Waals surface area contributed by atoms with Crippen molar-refractivity contribution in [1.29, 1.82) is 0 Å². The molecule has 0 radical (unpaired) electrons. The predicted octanol–water partition coefficient (Wildman–Crippen LogP) is 3.23. The first kappa shape index (κ1) is 13.4. The van der Waals surface area contributed by atoms with Gasteiger partial charge in [-0.15, -0.1) is 0 Å². The Morgan fingerprint density at radius 1 is 1.18 bits per heavy atom. The van der Waals surface area contributed by atoms with Gasteiger partial charge in [0.2, 0.25) is 0 Å². The number of ether oxygens (including phenoxy) is 1. The predicted molar refractivity (Wildman–Crippen MR) is 66.2 cm³/mol. The Morgan fingerprint density at radius 3 is 2.12 bits per heavy atom. The van der Waals surface area contributed by atoms with E-state index in [4.69, 9.17) is 4.74 Å². The summed E-state index contributed by atoms with van der Waals surface area (Å²) in [5.41, 5.74) is 0.124. The SMILES string of the molecule is CCC(C)(C)C(=O)Oc1ccc(C(C)=O)cc1. The Labute approximate surface area is 102 Å². The van der Waals surface area contributed by atoms with Crippen LogP contribution in [0.2, 0.25) is 0 Å². The van der Waals surface area contributed by atoms with E-state index in [0.29, 0.717) is 11.3 Å². The van der Waals surface area contributed by atoms with Crippen molar-refractivity contribution in [2.45, 2.75) is 34.1 Å². The van der Waals surface area contributed by atoms with Gasteiger partial charge in [-0.1, -0.05) is 6.92 Å². The van der Waals surface area contributed by atoms with Gasteiger partial charge >= 0.3 is 5.97 Å². The van der Waals surface area contributed by atoms with Gasteiger partial charge in [0.05, 0.1) is 5.41 Å². The molecular formula is C14H18O3. The van der Waals surface area contributed by atoms with Crippen molar-refractivity contribution in [2.75, 3.05) is 0 Å².